The summed E-state index contributed by atoms with van der Waals surface area (Å²) >= 11 is 0. The molecule has 4 N–H and O–H groups in total. The summed E-state index contributed by atoms with van der Waals surface area (Å²) in [6.07, 6.45) is 1.69. The summed E-state index contributed by atoms with van der Waals surface area (Å²) in [6.45, 7) is 10.9. The molecule has 0 aliphatic carbocycles. The molecule has 2 atom stereocenters. The van der Waals surface area contributed by atoms with Gasteiger partial charge in [0.2, 0.25) is 30.2 Å². The van der Waals surface area contributed by atoms with E-state index >= 15 is 0 Å². The van der Waals surface area contributed by atoms with Crippen LogP contribution in [0.1, 0.15) is 81.2 Å². The van der Waals surface area contributed by atoms with Gasteiger partial charge in [0.05, 0.1) is 83.6 Å². The molecule has 394 valence electrons. The number of para-hydroxylation sites is 1. The zero-order chi connectivity index (χ0) is 53.3. The van der Waals surface area contributed by atoms with Crippen LogP contribution in [0, 0.1) is 0 Å². The SMILES string of the molecule is CC(C)N(CCc1c2c(nc3ccccc13)-c1cc3c(c(=O)n1C2)COC(=O)C3OC(=O)OCc1ccc(NC(=O)CNC(=O)COCC(=O)NC(C)(C)COC(C)(C)Cn2cc(CNC=O)nn2)cc1)S(C)=O. The lowest BCUT2D eigenvalue weighted by molar-refractivity contribution is -0.159. The zero-order valence-corrected chi connectivity index (χ0v) is 43.0. The number of amides is 4. The van der Waals surface area contributed by atoms with Crippen molar-refractivity contribution in [1.29, 1.82) is 0 Å². The number of hydrogen-bond acceptors (Lipinski definition) is 16. The van der Waals surface area contributed by atoms with E-state index in [1.54, 1.807) is 65.9 Å². The minimum atomic E-state index is -1.59. The number of ether oxygens (including phenoxy) is 5. The van der Waals surface area contributed by atoms with E-state index in [-0.39, 0.29) is 56.6 Å². The first-order chi connectivity index (χ1) is 35.2. The number of carbonyl (C=O) groups is 6. The van der Waals surface area contributed by atoms with Crippen molar-refractivity contribution in [3.63, 3.8) is 0 Å². The number of aromatic nitrogens is 5. The zero-order valence-electron chi connectivity index (χ0n) is 42.2. The number of esters is 1. The lowest BCUT2D eigenvalue weighted by atomic mass is 9.97. The average Bonchev–Trinajstić information content (AvgIpc) is 3.95. The number of rotatable bonds is 24. The average molecular weight is 1040 g/mol. The van der Waals surface area contributed by atoms with Gasteiger partial charge in [-0.25, -0.2) is 27.8 Å². The van der Waals surface area contributed by atoms with Crippen LogP contribution >= 0.6 is 0 Å². The molecule has 23 nitrogen and oxygen atoms in total. The van der Waals surface area contributed by atoms with Gasteiger partial charge in [-0.15, -0.1) is 5.10 Å². The lowest BCUT2D eigenvalue weighted by Crippen LogP contribution is -2.50. The van der Waals surface area contributed by atoms with Gasteiger partial charge in [-0.3, -0.25) is 24.0 Å². The molecule has 4 amide bonds. The Hall–Kier alpha value is -7.41. The van der Waals surface area contributed by atoms with Crippen molar-refractivity contribution in [2.75, 3.05) is 44.5 Å². The summed E-state index contributed by atoms with van der Waals surface area (Å²) in [6, 6.07) is 15.6. The molecule has 0 fully saturated rings. The van der Waals surface area contributed by atoms with Gasteiger partial charge in [-0.2, -0.15) is 0 Å². The van der Waals surface area contributed by atoms with Gasteiger partial charge in [-0.1, -0.05) is 35.5 Å². The van der Waals surface area contributed by atoms with Crippen LogP contribution in [0.4, 0.5) is 10.5 Å². The summed E-state index contributed by atoms with van der Waals surface area (Å²) in [5.74, 6) is -2.53. The maximum atomic E-state index is 14.1. The van der Waals surface area contributed by atoms with Gasteiger partial charge >= 0.3 is 12.1 Å². The summed E-state index contributed by atoms with van der Waals surface area (Å²) in [5, 5.41) is 19.4. The van der Waals surface area contributed by atoms with Crippen LogP contribution in [-0.2, 0) is 97.9 Å². The second kappa shape index (κ2) is 23.6. The Labute approximate surface area is 428 Å². The van der Waals surface area contributed by atoms with Crippen LogP contribution in [0.2, 0.25) is 0 Å². The Bertz CT molecular complexity index is 3010. The third-order valence-corrected chi connectivity index (χ3v) is 13.2. The van der Waals surface area contributed by atoms with Gasteiger partial charge in [0, 0.05) is 41.0 Å². The van der Waals surface area contributed by atoms with Crippen LogP contribution in [-0.4, -0.2) is 126 Å². The Balaban J connectivity index is 0.852. The number of cyclic esters (lactones) is 1. The standard InChI is InChI=1S/C50H60N10O13S/c1-30(2)60(74(7)68)17-16-34-35-10-8-9-11-39(35)54-44-37(34)22-59-40(44)18-36-38(46(59)65)24-70-47(66)45(36)73-48(67)71-23-31-12-14-32(15-13-31)53-41(62)20-52-42(63)25-69-26-43(64)55-49(3,4)28-72-50(5,6)27-58-21-33(56-57-58)19-51-29-61/h8-15,18,21,29-30,45H,16-17,19-20,22-28H2,1-7H3,(H,51,61)(H,52,63)(H,53,62)(H,55,64). The number of hydrogen-bond donors (Lipinski definition) is 4. The van der Waals surface area contributed by atoms with Crippen LogP contribution < -0.4 is 26.8 Å². The Morgan fingerprint density at radius 3 is 2.47 bits per heavy atom. The fourth-order valence-electron chi connectivity index (χ4n) is 8.48. The van der Waals surface area contributed by atoms with E-state index in [0.29, 0.717) is 59.8 Å². The van der Waals surface area contributed by atoms with Crippen molar-refractivity contribution in [3.05, 3.63) is 105 Å². The van der Waals surface area contributed by atoms with Crippen molar-refractivity contribution < 1.29 is 56.7 Å². The number of pyridine rings is 2. The second-order valence-electron chi connectivity index (χ2n) is 19.2. The van der Waals surface area contributed by atoms with Crippen LogP contribution in [0.5, 0.6) is 0 Å². The van der Waals surface area contributed by atoms with Gasteiger partial charge in [-0.05, 0) is 83.4 Å². The number of carbonyl (C=O) groups excluding carboxylic acids is 6. The molecule has 0 saturated heterocycles. The van der Waals surface area contributed by atoms with Gasteiger partial charge in [0.25, 0.3) is 5.56 Å². The molecule has 7 rings (SSSR count). The van der Waals surface area contributed by atoms with Crippen molar-refractivity contribution in [2.24, 2.45) is 0 Å². The quantitative estimate of drug-likeness (QED) is 0.0501. The largest absolute Gasteiger partial charge is 0.509 e. The number of fused-ring (bicyclic) bond motifs is 5. The fourth-order valence-corrected chi connectivity index (χ4v) is 9.42. The summed E-state index contributed by atoms with van der Waals surface area (Å²) in [7, 11) is -1.20. The fraction of sp³-hybridized carbons (Fsp3) is 0.440. The summed E-state index contributed by atoms with van der Waals surface area (Å²) in [4.78, 5) is 93.3. The smallest absolute Gasteiger partial charge is 0.458 e. The van der Waals surface area contributed by atoms with Crippen molar-refractivity contribution in [3.8, 4) is 11.4 Å². The molecule has 0 radical (unpaired) electrons. The molecule has 2 unspecified atom stereocenters. The Morgan fingerprint density at radius 2 is 1.74 bits per heavy atom. The molecule has 24 heteroatoms. The van der Waals surface area contributed by atoms with E-state index < -0.39 is 76.8 Å². The van der Waals surface area contributed by atoms with Crippen molar-refractivity contribution >= 4 is 63.8 Å². The third kappa shape index (κ3) is 13.8. The van der Waals surface area contributed by atoms with E-state index in [1.165, 1.54) is 0 Å². The van der Waals surface area contributed by atoms with E-state index in [0.717, 1.165) is 16.5 Å². The highest BCUT2D eigenvalue weighted by Gasteiger charge is 2.39. The summed E-state index contributed by atoms with van der Waals surface area (Å²) in [5.41, 5.74) is 3.46. The molecular formula is C50H60N10O13S. The third-order valence-electron chi connectivity index (χ3n) is 12.0. The van der Waals surface area contributed by atoms with Gasteiger partial charge in [0.1, 0.15) is 32.1 Å². The highest BCUT2D eigenvalue weighted by molar-refractivity contribution is 7.81. The molecule has 0 saturated carbocycles. The molecule has 3 aromatic heterocycles. The molecule has 2 aliphatic rings. The molecule has 5 heterocycles. The van der Waals surface area contributed by atoms with E-state index in [9.17, 15) is 37.8 Å². The molecule has 5 aromatic rings. The van der Waals surface area contributed by atoms with Crippen molar-refractivity contribution in [2.45, 2.75) is 104 Å². The number of nitrogens with zero attached hydrogens (tertiary/aromatic N) is 6. The first-order valence-corrected chi connectivity index (χ1v) is 25.2. The molecular weight excluding hydrogens is 981 g/mol. The number of benzene rings is 2. The highest BCUT2D eigenvalue weighted by Crippen LogP contribution is 2.39. The molecule has 0 spiro atoms. The van der Waals surface area contributed by atoms with Crippen LogP contribution in [0.3, 0.4) is 0 Å². The molecule has 0 bridgehead atoms. The molecule has 2 aliphatic heterocycles. The highest BCUT2D eigenvalue weighted by atomic mass is 32.2. The van der Waals surface area contributed by atoms with Gasteiger partial charge < -0.3 is 49.5 Å². The van der Waals surface area contributed by atoms with Crippen LogP contribution in [0.15, 0.2) is 65.6 Å². The minimum Gasteiger partial charge on any atom is -0.458 e. The molecule has 74 heavy (non-hydrogen) atoms. The topological polar surface area (TPSA) is 283 Å². The first-order valence-electron chi connectivity index (χ1n) is 23.7. The van der Waals surface area contributed by atoms with Gasteiger partial charge in [0.15, 0.2) is 0 Å². The predicted octanol–water partition coefficient (Wildman–Crippen LogP) is 2.72. The first kappa shape index (κ1) is 54.4. The van der Waals surface area contributed by atoms with E-state index in [2.05, 4.69) is 31.6 Å². The normalized spacial score (nSPS) is 14.4. The second-order valence-corrected chi connectivity index (χ2v) is 20.6. The Kier molecular flexibility index (Phi) is 17.4. The maximum Gasteiger partial charge on any atom is 0.509 e. The number of nitrogens with one attached hydrogen (secondary N) is 4. The predicted molar refractivity (Wildman–Crippen MR) is 268 cm³/mol. The van der Waals surface area contributed by atoms with Crippen LogP contribution in [0.25, 0.3) is 22.3 Å². The van der Waals surface area contributed by atoms with E-state index in [1.807, 2.05) is 56.3 Å². The minimum absolute atomic E-state index is 0.0380. The Morgan fingerprint density at radius 1 is 1.00 bits per heavy atom. The summed E-state index contributed by atoms with van der Waals surface area (Å²) < 4.78 is 45.1. The van der Waals surface area contributed by atoms with Crippen molar-refractivity contribution in [1.82, 2.24) is 44.8 Å². The lowest BCUT2D eigenvalue weighted by Gasteiger charge is -2.32. The monoisotopic (exact) mass is 1040 g/mol. The molecule has 2 aromatic carbocycles. The number of anilines is 1. The maximum absolute atomic E-state index is 14.1. The van der Waals surface area contributed by atoms with E-state index in [4.69, 9.17) is 28.7 Å².